The number of hydrogen-bond acceptors (Lipinski definition) is 6. The number of carbonyl (C=O) groups is 1. The standard InChI is InChI=1S/C24H34N4O4S/c1-5-28(6-2)33(30,31)20-10-11-22(27-13-7-8-14-27)21(15-20)24(29)26-17-19-9-12-23(25-16-19)32-18(3)4/h9-12,15-16,18H,5-8,13-14,17H2,1-4H3,(H,26,29). The van der Waals surface area contributed by atoms with Crippen LogP contribution in [0.25, 0.3) is 0 Å². The van der Waals surface area contributed by atoms with Gasteiger partial charge in [-0.15, -0.1) is 0 Å². The van der Waals surface area contributed by atoms with Crippen LogP contribution in [-0.2, 0) is 16.6 Å². The van der Waals surface area contributed by atoms with Gasteiger partial charge < -0.3 is 15.0 Å². The van der Waals surface area contributed by atoms with E-state index >= 15 is 0 Å². The Bertz CT molecular complexity index is 1040. The molecule has 8 nitrogen and oxygen atoms in total. The Morgan fingerprint density at radius 2 is 1.85 bits per heavy atom. The van der Waals surface area contributed by atoms with Crippen molar-refractivity contribution in [2.75, 3.05) is 31.1 Å². The summed E-state index contributed by atoms with van der Waals surface area (Å²) in [5, 5.41) is 2.92. The molecule has 1 saturated heterocycles. The molecule has 0 radical (unpaired) electrons. The number of nitrogens with zero attached hydrogens (tertiary/aromatic N) is 3. The number of carbonyl (C=O) groups excluding carboxylic acids is 1. The summed E-state index contributed by atoms with van der Waals surface area (Å²) < 4.78 is 33.0. The van der Waals surface area contributed by atoms with Gasteiger partial charge in [0, 0.05) is 50.7 Å². The van der Waals surface area contributed by atoms with Crippen LogP contribution in [0.3, 0.4) is 0 Å². The van der Waals surface area contributed by atoms with Gasteiger partial charge in [0.05, 0.1) is 16.6 Å². The van der Waals surface area contributed by atoms with Gasteiger partial charge in [-0.05, 0) is 50.5 Å². The summed E-state index contributed by atoms with van der Waals surface area (Å²) in [7, 11) is -3.67. The zero-order valence-corrected chi connectivity index (χ0v) is 20.7. The number of aromatic nitrogens is 1. The van der Waals surface area contributed by atoms with Gasteiger partial charge in [0.2, 0.25) is 15.9 Å². The number of rotatable bonds is 10. The minimum atomic E-state index is -3.67. The van der Waals surface area contributed by atoms with Gasteiger partial charge in [-0.2, -0.15) is 4.31 Å². The SMILES string of the molecule is CCN(CC)S(=O)(=O)c1ccc(N2CCCC2)c(C(=O)NCc2ccc(OC(C)C)nc2)c1. The van der Waals surface area contributed by atoms with Gasteiger partial charge >= 0.3 is 0 Å². The van der Waals surface area contributed by atoms with Gasteiger partial charge in [0.15, 0.2) is 0 Å². The van der Waals surface area contributed by atoms with Crippen LogP contribution in [0.4, 0.5) is 5.69 Å². The Hall–Kier alpha value is -2.65. The van der Waals surface area contributed by atoms with E-state index in [1.807, 2.05) is 19.9 Å². The molecule has 0 aliphatic carbocycles. The van der Waals surface area contributed by atoms with Crippen LogP contribution < -0.4 is 15.0 Å². The van der Waals surface area contributed by atoms with Crippen LogP contribution in [0.1, 0.15) is 56.5 Å². The molecule has 1 fully saturated rings. The lowest BCUT2D eigenvalue weighted by molar-refractivity contribution is 0.0951. The van der Waals surface area contributed by atoms with E-state index in [1.165, 1.54) is 10.4 Å². The molecule has 0 saturated carbocycles. The monoisotopic (exact) mass is 474 g/mol. The van der Waals surface area contributed by atoms with Crippen LogP contribution in [0.2, 0.25) is 0 Å². The lowest BCUT2D eigenvalue weighted by Crippen LogP contribution is -2.32. The number of pyridine rings is 1. The molecule has 1 aromatic carbocycles. The minimum absolute atomic E-state index is 0.0342. The zero-order chi connectivity index (χ0) is 24.0. The maximum Gasteiger partial charge on any atom is 0.253 e. The fourth-order valence-electron chi connectivity index (χ4n) is 3.91. The molecule has 3 rings (SSSR count). The third kappa shape index (κ3) is 6.03. The lowest BCUT2D eigenvalue weighted by Gasteiger charge is -2.23. The number of hydrogen-bond donors (Lipinski definition) is 1. The van der Waals surface area contributed by atoms with Crippen molar-refractivity contribution in [1.82, 2.24) is 14.6 Å². The van der Waals surface area contributed by atoms with Gasteiger partial charge in [-0.1, -0.05) is 19.9 Å². The van der Waals surface area contributed by atoms with E-state index in [4.69, 9.17) is 4.74 Å². The first-order valence-electron chi connectivity index (χ1n) is 11.5. The first-order valence-corrected chi connectivity index (χ1v) is 13.0. The third-order valence-electron chi connectivity index (χ3n) is 5.61. The second-order valence-electron chi connectivity index (χ2n) is 8.32. The van der Waals surface area contributed by atoms with Crippen molar-refractivity contribution in [3.63, 3.8) is 0 Å². The highest BCUT2D eigenvalue weighted by Crippen LogP contribution is 2.28. The summed E-state index contributed by atoms with van der Waals surface area (Å²) in [6.45, 7) is 10.2. The fourth-order valence-corrected chi connectivity index (χ4v) is 5.39. The highest BCUT2D eigenvalue weighted by molar-refractivity contribution is 7.89. The highest BCUT2D eigenvalue weighted by Gasteiger charge is 2.26. The average molecular weight is 475 g/mol. The number of anilines is 1. The van der Waals surface area contributed by atoms with Crippen molar-refractivity contribution in [3.8, 4) is 5.88 Å². The Morgan fingerprint density at radius 1 is 1.15 bits per heavy atom. The molecule has 0 bridgehead atoms. The maximum absolute atomic E-state index is 13.2. The molecule has 0 unspecified atom stereocenters. The zero-order valence-electron chi connectivity index (χ0n) is 19.9. The summed E-state index contributed by atoms with van der Waals surface area (Å²) in [6, 6.07) is 8.50. The van der Waals surface area contributed by atoms with E-state index in [0.29, 0.717) is 24.5 Å². The number of benzene rings is 1. The van der Waals surface area contributed by atoms with Crippen molar-refractivity contribution in [3.05, 3.63) is 47.7 Å². The summed E-state index contributed by atoms with van der Waals surface area (Å²) in [4.78, 5) is 19.7. The van der Waals surface area contributed by atoms with Gasteiger partial charge in [-0.25, -0.2) is 13.4 Å². The van der Waals surface area contributed by atoms with E-state index in [9.17, 15) is 13.2 Å². The Kier molecular flexibility index (Phi) is 8.31. The molecule has 1 N–H and O–H groups in total. The van der Waals surface area contributed by atoms with Crippen LogP contribution in [0, 0.1) is 0 Å². The molecular weight excluding hydrogens is 440 g/mol. The van der Waals surface area contributed by atoms with Crippen LogP contribution in [0.15, 0.2) is 41.4 Å². The fraction of sp³-hybridized carbons (Fsp3) is 0.500. The summed E-state index contributed by atoms with van der Waals surface area (Å²) in [6.07, 6.45) is 3.81. The molecular formula is C24H34N4O4S. The van der Waals surface area contributed by atoms with Crippen LogP contribution in [0.5, 0.6) is 5.88 Å². The number of ether oxygens (including phenoxy) is 1. The normalized spacial score (nSPS) is 14.2. The number of nitrogens with one attached hydrogen (secondary N) is 1. The van der Waals surface area contributed by atoms with Crippen LogP contribution >= 0.6 is 0 Å². The molecule has 2 aromatic rings. The molecule has 9 heteroatoms. The average Bonchev–Trinajstić information content (AvgIpc) is 3.33. The molecule has 0 atom stereocenters. The summed E-state index contributed by atoms with van der Waals surface area (Å²) in [5.41, 5.74) is 1.97. The van der Waals surface area contributed by atoms with Gasteiger partial charge in [-0.3, -0.25) is 4.79 Å². The topological polar surface area (TPSA) is 91.8 Å². The summed E-state index contributed by atoms with van der Waals surface area (Å²) in [5.74, 6) is 0.224. The second-order valence-corrected chi connectivity index (χ2v) is 10.3. The van der Waals surface area contributed by atoms with E-state index in [-0.39, 0.29) is 23.5 Å². The van der Waals surface area contributed by atoms with E-state index in [1.54, 1.807) is 38.2 Å². The van der Waals surface area contributed by atoms with Gasteiger partial charge in [0.1, 0.15) is 0 Å². The minimum Gasteiger partial charge on any atom is -0.475 e. The van der Waals surface area contributed by atoms with E-state index in [0.717, 1.165) is 37.2 Å². The molecule has 1 amide bonds. The highest BCUT2D eigenvalue weighted by atomic mass is 32.2. The molecule has 1 aliphatic rings. The predicted octanol–water partition coefficient (Wildman–Crippen LogP) is 3.43. The largest absolute Gasteiger partial charge is 0.475 e. The first kappa shape index (κ1) is 25.0. The Labute approximate surface area is 197 Å². The quantitative estimate of drug-likeness (QED) is 0.567. The smallest absolute Gasteiger partial charge is 0.253 e. The third-order valence-corrected chi connectivity index (χ3v) is 7.66. The maximum atomic E-state index is 13.2. The van der Waals surface area contributed by atoms with E-state index in [2.05, 4.69) is 15.2 Å². The van der Waals surface area contributed by atoms with Crippen molar-refractivity contribution < 1.29 is 17.9 Å². The van der Waals surface area contributed by atoms with Crippen molar-refractivity contribution in [2.24, 2.45) is 0 Å². The first-order chi connectivity index (χ1) is 15.8. The Morgan fingerprint density at radius 3 is 2.42 bits per heavy atom. The number of amides is 1. The molecule has 33 heavy (non-hydrogen) atoms. The molecule has 180 valence electrons. The van der Waals surface area contributed by atoms with Crippen molar-refractivity contribution in [1.29, 1.82) is 0 Å². The molecule has 1 aromatic heterocycles. The van der Waals surface area contributed by atoms with Crippen molar-refractivity contribution >= 4 is 21.6 Å². The predicted molar refractivity (Wildman–Crippen MR) is 129 cm³/mol. The molecule has 0 spiro atoms. The lowest BCUT2D eigenvalue weighted by atomic mass is 10.1. The second kappa shape index (κ2) is 11.0. The molecule has 2 heterocycles. The van der Waals surface area contributed by atoms with Crippen LogP contribution in [-0.4, -0.2) is 55.9 Å². The van der Waals surface area contributed by atoms with E-state index < -0.39 is 10.0 Å². The van der Waals surface area contributed by atoms with Crippen molar-refractivity contribution in [2.45, 2.75) is 58.1 Å². The summed E-state index contributed by atoms with van der Waals surface area (Å²) >= 11 is 0. The number of sulfonamides is 1. The Balaban J connectivity index is 1.84. The molecule has 1 aliphatic heterocycles. The van der Waals surface area contributed by atoms with Gasteiger partial charge in [0.25, 0.3) is 5.91 Å².